The van der Waals surface area contributed by atoms with Crippen LogP contribution in [0.25, 0.3) is 0 Å². The Labute approximate surface area is 126 Å². The zero-order chi connectivity index (χ0) is 14.5. The molecule has 1 N–H and O–H groups in total. The van der Waals surface area contributed by atoms with Crippen LogP contribution in [0.3, 0.4) is 0 Å². The fourth-order valence-electron chi connectivity index (χ4n) is 1.73. The molecule has 6 nitrogen and oxygen atoms in total. The van der Waals surface area contributed by atoms with Gasteiger partial charge in [0.25, 0.3) is 0 Å². The van der Waals surface area contributed by atoms with Crippen molar-refractivity contribution in [3.05, 3.63) is 0 Å². The molecule has 1 aromatic rings. The minimum Gasteiger partial charge on any atom is -0.360 e. The molecule has 0 radical (unpaired) electrons. The molecule has 0 spiro atoms. The van der Waals surface area contributed by atoms with Crippen molar-refractivity contribution in [3.63, 3.8) is 0 Å². The van der Waals surface area contributed by atoms with Crippen molar-refractivity contribution in [1.29, 1.82) is 0 Å². The molecule has 2 amide bonds. The number of carbonyl (C=O) groups excluding carboxylic acids is 2. The fraction of sp³-hybridized carbons (Fsp3) is 0.667. The molecule has 0 aromatic carbocycles. The topological polar surface area (TPSA) is 75.2 Å². The van der Waals surface area contributed by atoms with Gasteiger partial charge in [-0.1, -0.05) is 36.9 Å². The summed E-state index contributed by atoms with van der Waals surface area (Å²) >= 11 is 3.03. The van der Waals surface area contributed by atoms with Gasteiger partial charge in [-0.15, -0.1) is 10.2 Å². The van der Waals surface area contributed by atoms with Gasteiger partial charge in [0.15, 0.2) is 4.34 Å². The van der Waals surface area contributed by atoms with E-state index in [1.165, 1.54) is 28.0 Å². The van der Waals surface area contributed by atoms with Gasteiger partial charge in [0.2, 0.25) is 16.9 Å². The molecule has 1 aliphatic rings. The molecule has 8 heteroatoms. The first-order chi connectivity index (χ1) is 9.56. The summed E-state index contributed by atoms with van der Waals surface area (Å²) in [6, 6.07) is 0. The van der Waals surface area contributed by atoms with Crippen molar-refractivity contribution in [3.8, 4) is 0 Å². The largest absolute Gasteiger partial charge is 0.360 e. The number of aromatic nitrogens is 2. The zero-order valence-electron chi connectivity index (χ0n) is 11.6. The van der Waals surface area contributed by atoms with E-state index in [9.17, 15) is 9.59 Å². The fourth-order valence-corrected chi connectivity index (χ4v) is 3.48. The Morgan fingerprint density at radius 1 is 1.30 bits per heavy atom. The second-order valence-corrected chi connectivity index (χ2v) is 7.26. The Kier molecular flexibility index (Phi) is 5.36. The summed E-state index contributed by atoms with van der Waals surface area (Å²) in [7, 11) is 0. The van der Waals surface area contributed by atoms with Crippen LogP contribution in [0.15, 0.2) is 4.34 Å². The van der Waals surface area contributed by atoms with E-state index in [0.717, 1.165) is 16.0 Å². The molecule has 1 aliphatic heterocycles. The van der Waals surface area contributed by atoms with Gasteiger partial charge in [0.1, 0.15) is 0 Å². The maximum absolute atomic E-state index is 11.4. The zero-order valence-corrected chi connectivity index (χ0v) is 13.2. The van der Waals surface area contributed by atoms with Gasteiger partial charge >= 0.3 is 0 Å². The van der Waals surface area contributed by atoms with Crippen LogP contribution in [-0.4, -0.2) is 45.8 Å². The van der Waals surface area contributed by atoms with E-state index in [4.69, 9.17) is 0 Å². The average Bonchev–Trinajstić information content (AvgIpc) is 2.97. The summed E-state index contributed by atoms with van der Waals surface area (Å²) in [5, 5.41) is 12.2. The van der Waals surface area contributed by atoms with Crippen LogP contribution in [0.1, 0.15) is 26.7 Å². The van der Waals surface area contributed by atoms with Crippen LogP contribution in [0.5, 0.6) is 0 Å². The predicted octanol–water partition coefficient (Wildman–Crippen LogP) is 1.85. The van der Waals surface area contributed by atoms with Crippen molar-refractivity contribution in [2.75, 3.05) is 24.2 Å². The van der Waals surface area contributed by atoms with E-state index in [1.807, 2.05) is 0 Å². The quantitative estimate of drug-likeness (QED) is 0.611. The summed E-state index contributed by atoms with van der Waals surface area (Å²) in [4.78, 5) is 24.2. The number of amides is 2. The number of thioether (sulfide) groups is 1. The summed E-state index contributed by atoms with van der Waals surface area (Å²) in [5.74, 6) is 1.09. The third-order valence-electron chi connectivity index (χ3n) is 2.76. The van der Waals surface area contributed by atoms with Crippen LogP contribution >= 0.6 is 23.1 Å². The summed E-state index contributed by atoms with van der Waals surface area (Å²) < 4.78 is 0.857. The lowest BCUT2D eigenvalue weighted by molar-refractivity contribution is -0.137. The predicted molar refractivity (Wildman–Crippen MR) is 79.9 cm³/mol. The SMILES string of the molecule is CC(C)CNc1nnc(SCCN2C(=O)CCC2=O)s1. The lowest BCUT2D eigenvalue weighted by atomic mass is 10.2. The van der Waals surface area contributed by atoms with Gasteiger partial charge in [-0.25, -0.2) is 0 Å². The van der Waals surface area contributed by atoms with Gasteiger partial charge in [-0.3, -0.25) is 14.5 Å². The molecule has 0 bridgehead atoms. The van der Waals surface area contributed by atoms with Crippen molar-refractivity contribution in [2.45, 2.75) is 31.0 Å². The molecule has 110 valence electrons. The molecule has 0 atom stereocenters. The third kappa shape index (κ3) is 4.17. The molecule has 1 fully saturated rings. The maximum atomic E-state index is 11.4. The minimum atomic E-state index is -0.0628. The van der Waals surface area contributed by atoms with E-state index >= 15 is 0 Å². The Bertz CT molecular complexity index is 474. The maximum Gasteiger partial charge on any atom is 0.229 e. The number of likely N-dealkylation sites (tertiary alicyclic amines) is 1. The second kappa shape index (κ2) is 7.03. The van der Waals surface area contributed by atoms with E-state index < -0.39 is 0 Å². The summed E-state index contributed by atoms with van der Waals surface area (Å²) in [5.41, 5.74) is 0. The molecular formula is C12H18N4O2S2. The number of imide groups is 1. The molecule has 2 rings (SSSR count). The van der Waals surface area contributed by atoms with Gasteiger partial charge < -0.3 is 5.32 Å². The monoisotopic (exact) mass is 314 g/mol. The summed E-state index contributed by atoms with van der Waals surface area (Å²) in [6.45, 7) is 5.59. The lowest BCUT2D eigenvalue weighted by Gasteiger charge is -2.11. The van der Waals surface area contributed by atoms with Crippen molar-refractivity contribution < 1.29 is 9.59 Å². The lowest BCUT2D eigenvalue weighted by Crippen LogP contribution is -2.31. The number of hydrogen-bond acceptors (Lipinski definition) is 7. The highest BCUT2D eigenvalue weighted by Gasteiger charge is 2.28. The van der Waals surface area contributed by atoms with Crippen molar-refractivity contribution >= 4 is 40.0 Å². The molecule has 2 heterocycles. The van der Waals surface area contributed by atoms with Crippen LogP contribution in [0.4, 0.5) is 5.13 Å². The average molecular weight is 314 g/mol. The van der Waals surface area contributed by atoms with E-state index in [0.29, 0.717) is 31.1 Å². The number of carbonyl (C=O) groups is 2. The standard InChI is InChI=1S/C12H18N4O2S2/c1-8(2)7-13-11-14-15-12(20-11)19-6-5-16-9(17)3-4-10(16)18/h8H,3-7H2,1-2H3,(H,13,14). The molecular weight excluding hydrogens is 296 g/mol. The first kappa shape index (κ1) is 15.2. The first-order valence-corrected chi connectivity index (χ1v) is 8.40. The van der Waals surface area contributed by atoms with Crippen molar-refractivity contribution in [1.82, 2.24) is 15.1 Å². The Hall–Kier alpha value is -1.15. The van der Waals surface area contributed by atoms with Gasteiger partial charge in [-0.05, 0) is 5.92 Å². The molecule has 0 saturated carbocycles. The minimum absolute atomic E-state index is 0.0628. The number of nitrogens with zero attached hydrogens (tertiary/aromatic N) is 3. The van der Waals surface area contributed by atoms with Gasteiger partial charge in [0.05, 0.1) is 0 Å². The Morgan fingerprint density at radius 3 is 2.65 bits per heavy atom. The number of nitrogens with one attached hydrogen (secondary N) is 1. The van der Waals surface area contributed by atoms with Crippen LogP contribution in [0.2, 0.25) is 0 Å². The second-order valence-electron chi connectivity index (χ2n) is 4.94. The van der Waals surface area contributed by atoms with E-state index in [-0.39, 0.29) is 11.8 Å². The van der Waals surface area contributed by atoms with Gasteiger partial charge in [0, 0.05) is 31.7 Å². The molecule has 1 aromatic heterocycles. The highest BCUT2D eigenvalue weighted by atomic mass is 32.2. The number of rotatable bonds is 7. The Morgan fingerprint density at radius 2 is 2.00 bits per heavy atom. The molecule has 0 unspecified atom stereocenters. The van der Waals surface area contributed by atoms with Crippen LogP contribution in [0, 0.1) is 5.92 Å². The first-order valence-electron chi connectivity index (χ1n) is 6.59. The Balaban J connectivity index is 1.74. The van der Waals surface area contributed by atoms with Crippen LogP contribution in [-0.2, 0) is 9.59 Å². The highest BCUT2D eigenvalue weighted by molar-refractivity contribution is 8.01. The molecule has 1 saturated heterocycles. The number of anilines is 1. The summed E-state index contributed by atoms with van der Waals surface area (Å²) in [6.07, 6.45) is 0.706. The number of hydrogen-bond donors (Lipinski definition) is 1. The van der Waals surface area contributed by atoms with Crippen molar-refractivity contribution in [2.24, 2.45) is 5.92 Å². The molecule has 0 aliphatic carbocycles. The van der Waals surface area contributed by atoms with Gasteiger partial charge in [-0.2, -0.15) is 0 Å². The smallest absolute Gasteiger partial charge is 0.229 e. The highest BCUT2D eigenvalue weighted by Crippen LogP contribution is 2.26. The third-order valence-corrected chi connectivity index (χ3v) is 4.76. The normalized spacial score (nSPS) is 15.4. The van der Waals surface area contributed by atoms with E-state index in [1.54, 1.807) is 0 Å². The molecule has 20 heavy (non-hydrogen) atoms. The van der Waals surface area contributed by atoms with Crippen LogP contribution < -0.4 is 5.32 Å². The van der Waals surface area contributed by atoms with E-state index in [2.05, 4.69) is 29.4 Å².